The lowest BCUT2D eigenvalue weighted by Crippen LogP contribution is -2.43. The van der Waals surface area contributed by atoms with E-state index in [9.17, 15) is 9.59 Å². The Morgan fingerprint density at radius 3 is 2.26 bits per heavy atom. The van der Waals surface area contributed by atoms with Crippen LogP contribution in [0.1, 0.15) is 57.3 Å². The summed E-state index contributed by atoms with van der Waals surface area (Å²) in [5.74, 6) is 1.68. The van der Waals surface area contributed by atoms with Gasteiger partial charge in [-0.3, -0.25) is 4.79 Å². The van der Waals surface area contributed by atoms with Gasteiger partial charge in [0.25, 0.3) is 5.91 Å². The maximum absolute atomic E-state index is 13.5. The summed E-state index contributed by atoms with van der Waals surface area (Å²) in [4.78, 5) is 42.7. The van der Waals surface area contributed by atoms with Gasteiger partial charge in [0, 0.05) is 24.5 Å². The Kier molecular flexibility index (Phi) is 6.09. The van der Waals surface area contributed by atoms with Crippen LogP contribution in [0.25, 0.3) is 0 Å². The summed E-state index contributed by atoms with van der Waals surface area (Å²) >= 11 is 0. The molecule has 0 spiro atoms. The molecule has 0 atom stereocenters. The molecule has 182 valence electrons. The molecular weight excluding hydrogens is 440 g/mol. The monoisotopic (exact) mass is 472 g/mol. The van der Waals surface area contributed by atoms with E-state index in [1.807, 2.05) is 56.3 Å². The van der Waals surface area contributed by atoms with Gasteiger partial charge >= 0.3 is 6.03 Å². The van der Waals surface area contributed by atoms with Gasteiger partial charge in [0.2, 0.25) is 0 Å². The van der Waals surface area contributed by atoms with Gasteiger partial charge in [0.05, 0.1) is 5.69 Å². The summed E-state index contributed by atoms with van der Waals surface area (Å²) in [5.41, 5.74) is 2.42. The van der Waals surface area contributed by atoms with E-state index in [0.717, 1.165) is 16.8 Å². The Morgan fingerprint density at radius 1 is 0.943 bits per heavy atom. The van der Waals surface area contributed by atoms with Crippen LogP contribution in [0.15, 0.2) is 48.7 Å². The number of hydrogen-bond donors (Lipinski definition) is 1. The van der Waals surface area contributed by atoms with E-state index < -0.39 is 5.54 Å². The summed E-state index contributed by atoms with van der Waals surface area (Å²) in [6.45, 7) is 14.0. The summed E-state index contributed by atoms with van der Waals surface area (Å²) in [6.07, 6.45) is 1.68. The predicted octanol–water partition coefficient (Wildman–Crippen LogP) is 5.28. The molecule has 0 aliphatic carbocycles. The van der Waals surface area contributed by atoms with Crippen molar-refractivity contribution in [3.63, 3.8) is 0 Å². The summed E-state index contributed by atoms with van der Waals surface area (Å²) in [7, 11) is 0. The molecule has 3 heterocycles. The molecule has 1 fully saturated rings. The number of aryl methyl sites for hydroxylation is 2. The third-order valence-electron chi connectivity index (χ3n) is 6.20. The van der Waals surface area contributed by atoms with Crippen molar-refractivity contribution in [2.45, 2.75) is 66.0 Å². The molecule has 35 heavy (non-hydrogen) atoms. The van der Waals surface area contributed by atoms with Crippen molar-refractivity contribution in [1.82, 2.24) is 19.9 Å². The maximum Gasteiger partial charge on any atom is 0.332 e. The number of anilines is 3. The largest absolute Gasteiger partial charge is 0.332 e. The molecule has 0 saturated carbocycles. The fourth-order valence-corrected chi connectivity index (χ4v) is 4.17. The molecule has 0 bridgehead atoms. The van der Waals surface area contributed by atoms with E-state index in [1.165, 1.54) is 4.90 Å². The minimum atomic E-state index is -0.989. The van der Waals surface area contributed by atoms with E-state index in [0.29, 0.717) is 23.1 Å². The zero-order valence-electron chi connectivity index (χ0n) is 21.4. The van der Waals surface area contributed by atoms with E-state index >= 15 is 0 Å². The summed E-state index contributed by atoms with van der Waals surface area (Å²) in [6, 6.07) is 12.9. The first kappa shape index (κ1) is 24.3. The van der Waals surface area contributed by atoms with Gasteiger partial charge in [-0.05, 0) is 68.5 Å². The van der Waals surface area contributed by atoms with Gasteiger partial charge in [0.1, 0.15) is 23.0 Å². The van der Waals surface area contributed by atoms with Crippen LogP contribution in [0.2, 0.25) is 0 Å². The summed E-state index contributed by atoms with van der Waals surface area (Å²) in [5, 5.41) is 3.20. The second-order valence-corrected chi connectivity index (χ2v) is 10.5. The molecule has 8 nitrogen and oxygen atoms in total. The molecule has 0 unspecified atom stereocenters. The van der Waals surface area contributed by atoms with Crippen molar-refractivity contribution in [3.8, 4) is 0 Å². The predicted molar refractivity (Wildman–Crippen MR) is 137 cm³/mol. The Morgan fingerprint density at radius 2 is 1.63 bits per heavy atom. The van der Waals surface area contributed by atoms with Crippen molar-refractivity contribution in [3.05, 3.63) is 71.3 Å². The lowest BCUT2D eigenvalue weighted by atomic mass is 9.87. The number of rotatable bonds is 5. The quantitative estimate of drug-likeness (QED) is 0.508. The number of aromatic nitrogens is 3. The standard InChI is InChI=1S/C27H32N6O2/c1-17-14-23(30-18(2)29-17)31-22-15-19(12-13-28-22)16-32-25(35)33(24(34)27(32,6)7)21-10-8-20(9-11-21)26(3,4)5/h8-15H,16H2,1-7H3,(H,28,29,30,31). The minimum absolute atomic E-state index is 0.0148. The molecule has 0 radical (unpaired) electrons. The van der Waals surface area contributed by atoms with Crippen molar-refractivity contribution >= 4 is 29.3 Å². The highest BCUT2D eigenvalue weighted by molar-refractivity contribution is 6.22. The third kappa shape index (κ3) is 4.87. The van der Waals surface area contributed by atoms with Gasteiger partial charge in [0.15, 0.2) is 0 Å². The van der Waals surface area contributed by atoms with Crippen molar-refractivity contribution in [2.75, 3.05) is 10.2 Å². The molecule has 3 amide bonds. The Hall–Kier alpha value is -3.81. The highest BCUT2D eigenvalue weighted by atomic mass is 16.2. The van der Waals surface area contributed by atoms with E-state index in [1.54, 1.807) is 24.9 Å². The summed E-state index contributed by atoms with van der Waals surface area (Å²) < 4.78 is 0. The third-order valence-corrected chi connectivity index (χ3v) is 6.20. The lowest BCUT2D eigenvalue weighted by Gasteiger charge is -2.27. The average Bonchev–Trinajstić information content (AvgIpc) is 2.92. The normalized spacial score (nSPS) is 15.6. The highest BCUT2D eigenvalue weighted by Gasteiger charge is 2.51. The number of nitrogens with zero attached hydrogens (tertiary/aromatic N) is 5. The fraction of sp³-hybridized carbons (Fsp3) is 0.370. The van der Waals surface area contributed by atoms with Crippen LogP contribution in [0.4, 0.5) is 22.1 Å². The maximum atomic E-state index is 13.5. The van der Waals surface area contributed by atoms with Gasteiger partial charge < -0.3 is 10.2 Å². The number of urea groups is 1. The Labute approximate surface area is 206 Å². The number of imide groups is 1. The first-order chi connectivity index (χ1) is 16.4. The SMILES string of the molecule is Cc1cc(Nc2cc(CN3C(=O)N(c4ccc(C(C)(C)C)cc4)C(=O)C3(C)C)ccn2)nc(C)n1. The van der Waals surface area contributed by atoms with Crippen molar-refractivity contribution in [1.29, 1.82) is 0 Å². The number of amides is 3. The van der Waals surface area contributed by atoms with Crippen molar-refractivity contribution < 1.29 is 9.59 Å². The number of carbonyl (C=O) groups excluding carboxylic acids is 2. The molecule has 1 aromatic carbocycles. The van der Waals surface area contributed by atoms with Gasteiger partial charge in [-0.1, -0.05) is 32.9 Å². The topological polar surface area (TPSA) is 91.3 Å². The molecule has 3 aromatic rings. The van der Waals surface area contributed by atoms with Crippen LogP contribution >= 0.6 is 0 Å². The molecule has 1 aliphatic rings. The smallest absolute Gasteiger partial charge is 0.325 e. The molecular formula is C27H32N6O2. The minimum Gasteiger partial charge on any atom is -0.325 e. The van der Waals surface area contributed by atoms with Gasteiger partial charge in [-0.2, -0.15) is 0 Å². The first-order valence-electron chi connectivity index (χ1n) is 11.7. The molecule has 1 aliphatic heterocycles. The average molecular weight is 473 g/mol. The zero-order valence-corrected chi connectivity index (χ0v) is 21.4. The van der Waals surface area contributed by atoms with Crippen LogP contribution < -0.4 is 10.2 Å². The fourth-order valence-electron chi connectivity index (χ4n) is 4.17. The van der Waals surface area contributed by atoms with E-state index in [2.05, 4.69) is 41.0 Å². The van der Waals surface area contributed by atoms with Crippen LogP contribution in [-0.4, -0.2) is 37.3 Å². The molecule has 1 saturated heterocycles. The molecule has 8 heteroatoms. The van der Waals surface area contributed by atoms with Gasteiger partial charge in [-0.25, -0.2) is 24.6 Å². The van der Waals surface area contributed by atoms with Crippen molar-refractivity contribution in [2.24, 2.45) is 0 Å². The highest BCUT2D eigenvalue weighted by Crippen LogP contribution is 2.34. The number of nitrogens with one attached hydrogen (secondary N) is 1. The Balaban J connectivity index is 1.57. The number of pyridine rings is 1. The Bertz CT molecular complexity index is 1260. The first-order valence-corrected chi connectivity index (χ1v) is 11.7. The van der Waals surface area contributed by atoms with E-state index in [-0.39, 0.29) is 23.9 Å². The number of benzene rings is 1. The second-order valence-electron chi connectivity index (χ2n) is 10.5. The van der Waals surface area contributed by atoms with Crippen LogP contribution in [-0.2, 0) is 16.8 Å². The molecule has 2 aromatic heterocycles. The number of carbonyl (C=O) groups is 2. The lowest BCUT2D eigenvalue weighted by molar-refractivity contribution is -0.123. The van der Waals surface area contributed by atoms with Gasteiger partial charge in [-0.15, -0.1) is 0 Å². The molecule has 1 N–H and O–H groups in total. The van der Waals surface area contributed by atoms with E-state index in [4.69, 9.17) is 0 Å². The number of hydrogen-bond acceptors (Lipinski definition) is 6. The van der Waals surface area contributed by atoms with Crippen LogP contribution in [0, 0.1) is 13.8 Å². The zero-order chi connectivity index (χ0) is 25.5. The van der Waals surface area contributed by atoms with Crippen LogP contribution in [0.5, 0.6) is 0 Å². The molecule has 4 rings (SSSR count). The van der Waals surface area contributed by atoms with Crippen LogP contribution in [0.3, 0.4) is 0 Å². The second kappa shape index (κ2) is 8.76.